The minimum absolute atomic E-state index is 0.101. The molecule has 1 N–H and O–H groups in total. The second-order valence-electron chi connectivity index (χ2n) is 9.63. The van der Waals surface area contributed by atoms with Gasteiger partial charge in [-0.25, -0.2) is 4.98 Å². The fourth-order valence-corrected chi connectivity index (χ4v) is 6.07. The van der Waals surface area contributed by atoms with E-state index < -0.39 is 0 Å². The Labute approximate surface area is 181 Å². The van der Waals surface area contributed by atoms with E-state index in [-0.39, 0.29) is 11.1 Å². The van der Waals surface area contributed by atoms with E-state index in [1.54, 1.807) is 28.5 Å². The van der Waals surface area contributed by atoms with Gasteiger partial charge in [0.05, 0.1) is 28.7 Å². The highest BCUT2D eigenvalue weighted by Crippen LogP contribution is 2.45. The number of hydrogen-bond acceptors (Lipinski definition) is 7. The summed E-state index contributed by atoms with van der Waals surface area (Å²) in [7, 11) is 2.18. The van der Waals surface area contributed by atoms with Crippen LogP contribution < -0.4 is 15.0 Å². The molecule has 1 aromatic carbocycles. The van der Waals surface area contributed by atoms with Crippen LogP contribution in [0.4, 0.5) is 5.13 Å². The minimum atomic E-state index is 0.101. The van der Waals surface area contributed by atoms with Crippen molar-refractivity contribution < 1.29 is 4.74 Å². The first-order valence-corrected chi connectivity index (χ1v) is 11.2. The van der Waals surface area contributed by atoms with Crippen LogP contribution in [0.15, 0.2) is 30.6 Å². The summed E-state index contributed by atoms with van der Waals surface area (Å²) in [6.07, 6.45) is 5.52. The molecule has 0 amide bonds. The van der Waals surface area contributed by atoms with E-state index in [0.29, 0.717) is 12.6 Å². The molecule has 2 aromatic heterocycles. The number of benzene rings is 1. The SMILES string of the molecule is CN(c1nc2c(s1)-c1ccc(-n3nccn3)cc1OC2)C1CC(C)(C)NC(C)(C)C1. The smallest absolute Gasteiger partial charge is 0.186 e. The molecule has 4 heterocycles. The highest BCUT2D eigenvalue weighted by Gasteiger charge is 2.40. The zero-order chi connectivity index (χ0) is 21.1. The molecule has 7 nitrogen and oxygen atoms in total. The van der Waals surface area contributed by atoms with Gasteiger partial charge in [0, 0.05) is 35.8 Å². The molecule has 30 heavy (non-hydrogen) atoms. The molecule has 0 radical (unpaired) electrons. The molecular formula is C22H28N6OS. The van der Waals surface area contributed by atoms with Gasteiger partial charge in [0.15, 0.2) is 5.13 Å². The fraction of sp³-hybridized carbons (Fsp3) is 0.500. The molecule has 0 unspecified atom stereocenters. The third kappa shape index (κ3) is 3.48. The Balaban J connectivity index is 1.45. The van der Waals surface area contributed by atoms with Gasteiger partial charge in [0.1, 0.15) is 12.4 Å². The van der Waals surface area contributed by atoms with Crippen LogP contribution in [0.3, 0.4) is 0 Å². The summed E-state index contributed by atoms with van der Waals surface area (Å²) in [5.41, 5.74) is 3.21. The summed E-state index contributed by atoms with van der Waals surface area (Å²) in [6.45, 7) is 9.65. The van der Waals surface area contributed by atoms with E-state index in [4.69, 9.17) is 9.72 Å². The molecule has 2 aliphatic heterocycles. The molecule has 0 spiro atoms. The molecule has 1 saturated heterocycles. The Morgan fingerprint density at radius 3 is 2.53 bits per heavy atom. The Bertz CT molecular complexity index is 1060. The molecule has 3 aromatic rings. The van der Waals surface area contributed by atoms with Crippen LogP contribution in [0.5, 0.6) is 5.75 Å². The third-order valence-electron chi connectivity index (χ3n) is 5.93. The van der Waals surface area contributed by atoms with Crippen molar-refractivity contribution in [2.24, 2.45) is 0 Å². The van der Waals surface area contributed by atoms with Gasteiger partial charge in [-0.3, -0.25) is 0 Å². The van der Waals surface area contributed by atoms with Gasteiger partial charge in [-0.2, -0.15) is 15.0 Å². The van der Waals surface area contributed by atoms with Crippen molar-refractivity contribution in [2.75, 3.05) is 11.9 Å². The topological polar surface area (TPSA) is 68.1 Å². The maximum absolute atomic E-state index is 6.04. The van der Waals surface area contributed by atoms with E-state index in [0.717, 1.165) is 40.7 Å². The average molecular weight is 425 g/mol. The molecule has 0 bridgehead atoms. The van der Waals surface area contributed by atoms with Gasteiger partial charge in [-0.05, 0) is 52.7 Å². The predicted octanol–water partition coefficient (Wildman–Crippen LogP) is 4.03. The average Bonchev–Trinajstić information content (AvgIpc) is 3.34. The highest BCUT2D eigenvalue weighted by atomic mass is 32.1. The number of nitrogens with one attached hydrogen (secondary N) is 1. The molecule has 5 rings (SSSR count). The number of fused-ring (bicyclic) bond motifs is 3. The number of anilines is 1. The van der Waals surface area contributed by atoms with Crippen molar-refractivity contribution in [3.63, 3.8) is 0 Å². The van der Waals surface area contributed by atoms with Gasteiger partial charge < -0.3 is 15.0 Å². The number of ether oxygens (including phenoxy) is 1. The second kappa shape index (κ2) is 6.78. The lowest BCUT2D eigenvalue weighted by atomic mass is 9.79. The summed E-state index contributed by atoms with van der Waals surface area (Å²) in [5, 5.41) is 13.3. The number of aromatic nitrogens is 4. The molecule has 1 fully saturated rings. The molecule has 8 heteroatoms. The Hall–Kier alpha value is -2.45. The van der Waals surface area contributed by atoms with Crippen molar-refractivity contribution in [3.8, 4) is 21.9 Å². The predicted molar refractivity (Wildman–Crippen MR) is 120 cm³/mol. The van der Waals surface area contributed by atoms with Crippen LogP contribution in [-0.2, 0) is 6.61 Å². The first-order valence-electron chi connectivity index (χ1n) is 10.4. The number of hydrogen-bond donors (Lipinski definition) is 1. The van der Waals surface area contributed by atoms with Crippen molar-refractivity contribution in [1.82, 2.24) is 25.3 Å². The zero-order valence-corrected chi connectivity index (χ0v) is 19.0. The summed E-state index contributed by atoms with van der Waals surface area (Å²) < 4.78 is 6.04. The maximum atomic E-state index is 6.04. The van der Waals surface area contributed by atoms with E-state index >= 15 is 0 Å². The standard InChI is InChI=1S/C22H28N6OS/c1-21(2)11-15(12-22(3,4)26-21)27(5)20-25-17-13-29-18-10-14(28-23-8-9-24-28)6-7-16(18)19(17)30-20/h6-10,15,26H,11-13H2,1-5H3. The Morgan fingerprint density at radius 1 is 1.13 bits per heavy atom. The van der Waals surface area contributed by atoms with Crippen LogP contribution in [-0.4, -0.2) is 44.1 Å². The summed E-state index contributed by atoms with van der Waals surface area (Å²) in [6, 6.07) is 6.56. The lowest BCUT2D eigenvalue weighted by Gasteiger charge is -2.48. The third-order valence-corrected chi connectivity index (χ3v) is 7.15. The summed E-state index contributed by atoms with van der Waals surface area (Å²) >= 11 is 1.76. The van der Waals surface area contributed by atoms with Gasteiger partial charge in [-0.15, -0.1) is 0 Å². The van der Waals surface area contributed by atoms with Crippen molar-refractivity contribution in [1.29, 1.82) is 0 Å². The fourth-order valence-electron chi connectivity index (χ4n) is 4.93. The summed E-state index contributed by atoms with van der Waals surface area (Å²) in [5.74, 6) is 0.860. The Kier molecular flexibility index (Phi) is 4.41. The van der Waals surface area contributed by atoms with Crippen molar-refractivity contribution >= 4 is 16.5 Å². The van der Waals surface area contributed by atoms with Crippen LogP contribution in [0, 0.1) is 0 Å². The minimum Gasteiger partial charge on any atom is -0.486 e. The van der Waals surface area contributed by atoms with Gasteiger partial charge in [0.25, 0.3) is 0 Å². The van der Waals surface area contributed by atoms with E-state index in [1.165, 1.54) is 4.88 Å². The lowest BCUT2D eigenvalue weighted by Crippen LogP contribution is -2.61. The summed E-state index contributed by atoms with van der Waals surface area (Å²) in [4.78, 5) is 10.1. The van der Waals surface area contributed by atoms with Crippen LogP contribution in [0.1, 0.15) is 46.2 Å². The van der Waals surface area contributed by atoms with Crippen LogP contribution in [0.2, 0.25) is 0 Å². The lowest BCUT2D eigenvalue weighted by molar-refractivity contribution is 0.161. The molecule has 158 valence electrons. The monoisotopic (exact) mass is 424 g/mol. The molecular weight excluding hydrogens is 396 g/mol. The first-order chi connectivity index (χ1) is 14.2. The maximum Gasteiger partial charge on any atom is 0.186 e. The van der Waals surface area contributed by atoms with Gasteiger partial charge in [0.2, 0.25) is 0 Å². The van der Waals surface area contributed by atoms with E-state index in [1.807, 2.05) is 12.1 Å². The van der Waals surface area contributed by atoms with Gasteiger partial charge >= 0.3 is 0 Å². The highest BCUT2D eigenvalue weighted by molar-refractivity contribution is 7.19. The largest absolute Gasteiger partial charge is 0.486 e. The van der Waals surface area contributed by atoms with Crippen LogP contribution >= 0.6 is 11.3 Å². The van der Waals surface area contributed by atoms with E-state index in [9.17, 15) is 0 Å². The number of thiazole rings is 1. The normalized spacial score (nSPS) is 19.6. The Morgan fingerprint density at radius 2 is 1.83 bits per heavy atom. The van der Waals surface area contributed by atoms with Crippen molar-refractivity contribution in [2.45, 2.75) is 64.3 Å². The van der Waals surface area contributed by atoms with Crippen LogP contribution in [0.25, 0.3) is 16.1 Å². The molecule has 0 atom stereocenters. The van der Waals surface area contributed by atoms with Gasteiger partial charge in [-0.1, -0.05) is 11.3 Å². The zero-order valence-electron chi connectivity index (χ0n) is 18.1. The van der Waals surface area contributed by atoms with E-state index in [2.05, 4.69) is 61.2 Å². The first kappa shape index (κ1) is 19.5. The molecule has 0 aliphatic carbocycles. The number of rotatable bonds is 3. The number of piperidine rings is 1. The molecule has 0 saturated carbocycles. The quantitative estimate of drug-likeness (QED) is 0.685. The second-order valence-corrected chi connectivity index (χ2v) is 10.6. The molecule has 2 aliphatic rings. The van der Waals surface area contributed by atoms with Crippen molar-refractivity contribution in [3.05, 3.63) is 36.3 Å². The number of nitrogens with zero attached hydrogens (tertiary/aromatic N) is 5.